The molecule has 0 saturated heterocycles. The summed E-state index contributed by atoms with van der Waals surface area (Å²) in [6.07, 6.45) is 0. The van der Waals surface area contributed by atoms with Crippen molar-refractivity contribution < 1.29 is 14.3 Å². The Kier molecular flexibility index (Phi) is 9.45. The number of ether oxygens (including phenoxy) is 1. The van der Waals surface area contributed by atoms with Gasteiger partial charge in [-0.15, -0.1) is 12.4 Å². The number of nitrogens with two attached hydrogens (primary N) is 1. The molecule has 0 bridgehead atoms. The number of carbonyl (C=O) groups excluding carboxylic acids is 2. The van der Waals surface area contributed by atoms with E-state index in [2.05, 4.69) is 5.32 Å². The molecule has 1 aromatic carbocycles. The van der Waals surface area contributed by atoms with Gasteiger partial charge in [-0.1, -0.05) is 44.2 Å². The number of hydrogen-bond acceptors (Lipinski definition) is 4. The lowest BCUT2D eigenvalue weighted by Gasteiger charge is -2.20. The number of carbonyl (C=O) groups is 2. The summed E-state index contributed by atoms with van der Waals surface area (Å²) in [6, 6.07) is 9.11. The van der Waals surface area contributed by atoms with E-state index < -0.39 is 0 Å². The van der Waals surface area contributed by atoms with Gasteiger partial charge in [0, 0.05) is 12.6 Å². The molecule has 3 N–H and O–H groups in total. The Labute approximate surface area is 138 Å². The van der Waals surface area contributed by atoms with Crippen LogP contribution in [0.2, 0.25) is 0 Å². The predicted molar refractivity (Wildman–Crippen MR) is 88.6 cm³/mol. The number of hydrogen-bond donors (Lipinski definition) is 2. The normalized spacial score (nSPS) is 14.2. The molecular formula is C16H25ClN2O3. The van der Waals surface area contributed by atoms with E-state index in [-0.39, 0.29) is 48.7 Å². The summed E-state index contributed by atoms with van der Waals surface area (Å²) >= 11 is 0. The number of rotatable bonds is 7. The fourth-order valence-electron chi connectivity index (χ4n) is 1.91. The van der Waals surface area contributed by atoms with Crippen LogP contribution in [-0.2, 0) is 14.3 Å². The van der Waals surface area contributed by atoms with Gasteiger partial charge in [0.1, 0.15) is 0 Å². The van der Waals surface area contributed by atoms with Gasteiger partial charge in [-0.3, -0.25) is 9.59 Å². The first-order valence-electron chi connectivity index (χ1n) is 7.22. The molecule has 22 heavy (non-hydrogen) atoms. The molecule has 0 aliphatic carbocycles. The summed E-state index contributed by atoms with van der Waals surface area (Å²) < 4.78 is 4.90. The van der Waals surface area contributed by atoms with Crippen LogP contribution in [0.1, 0.15) is 32.4 Å². The largest absolute Gasteiger partial charge is 0.466 e. The van der Waals surface area contributed by atoms with Gasteiger partial charge in [0.2, 0.25) is 5.91 Å². The number of halogens is 1. The summed E-state index contributed by atoms with van der Waals surface area (Å²) in [7, 11) is 0. The van der Waals surface area contributed by atoms with Crippen LogP contribution < -0.4 is 11.1 Å². The molecule has 0 radical (unpaired) electrons. The summed E-state index contributed by atoms with van der Waals surface area (Å²) in [6.45, 7) is 5.85. The van der Waals surface area contributed by atoms with Crippen LogP contribution in [0.15, 0.2) is 30.3 Å². The SMILES string of the molecule is CCOC(=O)C(C)CNC(=O)C(C)C(N)c1ccccc1.Cl. The van der Waals surface area contributed by atoms with Crippen molar-refractivity contribution in [2.24, 2.45) is 17.6 Å². The Morgan fingerprint density at radius 1 is 1.23 bits per heavy atom. The third kappa shape index (κ3) is 6.03. The van der Waals surface area contributed by atoms with Crippen molar-refractivity contribution in [2.45, 2.75) is 26.8 Å². The van der Waals surface area contributed by atoms with Gasteiger partial charge < -0.3 is 15.8 Å². The van der Waals surface area contributed by atoms with Crippen molar-refractivity contribution in [2.75, 3.05) is 13.2 Å². The second-order valence-corrected chi connectivity index (χ2v) is 5.12. The van der Waals surface area contributed by atoms with Crippen LogP contribution in [0.4, 0.5) is 0 Å². The second-order valence-electron chi connectivity index (χ2n) is 5.12. The van der Waals surface area contributed by atoms with Crippen molar-refractivity contribution in [3.05, 3.63) is 35.9 Å². The predicted octanol–water partition coefficient (Wildman–Crippen LogP) is 2.06. The molecule has 1 aromatic rings. The molecule has 3 atom stereocenters. The van der Waals surface area contributed by atoms with E-state index in [0.29, 0.717) is 6.61 Å². The molecule has 1 rings (SSSR count). The number of benzene rings is 1. The molecule has 0 aliphatic heterocycles. The van der Waals surface area contributed by atoms with Gasteiger partial charge in [0.25, 0.3) is 0 Å². The Hall–Kier alpha value is -1.59. The molecule has 3 unspecified atom stereocenters. The van der Waals surface area contributed by atoms with Gasteiger partial charge in [0.15, 0.2) is 0 Å². The molecular weight excluding hydrogens is 304 g/mol. The third-order valence-electron chi connectivity index (χ3n) is 3.41. The molecule has 0 aliphatic rings. The van der Waals surface area contributed by atoms with Crippen LogP contribution in [0.25, 0.3) is 0 Å². The molecule has 124 valence electrons. The lowest BCUT2D eigenvalue weighted by molar-refractivity contribution is -0.147. The van der Waals surface area contributed by atoms with Gasteiger partial charge >= 0.3 is 5.97 Å². The van der Waals surface area contributed by atoms with Gasteiger partial charge in [-0.05, 0) is 12.5 Å². The highest BCUT2D eigenvalue weighted by Gasteiger charge is 2.23. The Bertz CT molecular complexity index is 468. The van der Waals surface area contributed by atoms with E-state index in [0.717, 1.165) is 5.56 Å². The first kappa shape index (κ1) is 20.4. The van der Waals surface area contributed by atoms with Crippen molar-refractivity contribution >= 4 is 24.3 Å². The van der Waals surface area contributed by atoms with Crippen molar-refractivity contribution in [1.29, 1.82) is 0 Å². The maximum absolute atomic E-state index is 12.1. The minimum Gasteiger partial charge on any atom is -0.466 e. The first-order valence-corrected chi connectivity index (χ1v) is 7.22. The van der Waals surface area contributed by atoms with Crippen LogP contribution in [0.5, 0.6) is 0 Å². The highest BCUT2D eigenvalue weighted by atomic mass is 35.5. The minimum absolute atomic E-state index is 0. The molecule has 0 fully saturated rings. The first-order chi connectivity index (χ1) is 9.97. The quantitative estimate of drug-likeness (QED) is 0.751. The molecule has 6 heteroatoms. The zero-order valence-corrected chi connectivity index (χ0v) is 14.1. The summed E-state index contributed by atoms with van der Waals surface area (Å²) in [5.74, 6) is -1.21. The average Bonchev–Trinajstić information content (AvgIpc) is 2.51. The minimum atomic E-state index is -0.373. The third-order valence-corrected chi connectivity index (χ3v) is 3.41. The maximum Gasteiger partial charge on any atom is 0.310 e. The Morgan fingerprint density at radius 3 is 2.36 bits per heavy atom. The lowest BCUT2D eigenvalue weighted by atomic mass is 9.94. The maximum atomic E-state index is 12.1. The lowest BCUT2D eigenvalue weighted by Crippen LogP contribution is -2.39. The van der Waals surface area contributed by atoms with E-state index in [1.54, 1.807) is 20.8 Å². The summed E-state index contributed by atoms with van der Waals surface area (Å²) in [4.78, 5) is 23.6. The summed E-state index contributed by atoms with van der Waals surface area (Å²) in [5, 5.41) is 2.75. The fraction of sp³-hybridized carbons (Fsp3) is 0.500. The molecule has 1 amide bonds. The number of nitrogens with one attached hydrogen (secondary N) is 1. The van der Waals surface area contributed by atoms with E-state index in [1.807, 2.05) is 30.3 Å². The molecule has 0 aromatic heterocycles. The summed E-state index contributed by atoms with van der Waals surface area (Å²) in [5.41, 5.74) is 7.02. The van der Waals surface area contributed by atoms with E-state index in [1.165, 1.54) is 0 Å². The smallest absolute Gasteiger partial charge is 0.310 e. The van der Waals surface area contributed by atoms with E-state index >= 15 is 0 Å². The van der Waals surface area contributed by atoms with Crippen LogP contribution in [-0.4, -0.2) is 25.0 Å². The van der Waals surface area contributed by atoms with Crippen molar-refractivity contribution in [3.8, 4) is 0 Å². The molecule has 0 heterocycles. The highest BCUT2D eigenvalue weighted by Crippen LogP contribution is 2.19. The fourth-order valence-corrected chi connectivity index (χ4v) is 1.91. The van der Waals surface area contributed by atoms with Crippen LogP contribution >= 0.6 is 12.4 Å². The zero-order valence-electron chi connectivity index (χ0n) is 13.2. The van der Waals surface area contributed by atoms with E-state index in [4.69, 9.17) is 10.5 Å². The zero-order chi connectivity index (χ0) is 15.8. The molecule has 5 nitrogen and oxygen atoms in total. The average molecular weight is 329 g/mol. The molecule has 0 saturated carbocycles. The van der Waals surface area contributed by atoms with Crippen LogP contribution in [0.3, 0.4) is 0 Å². The van der Waals surface area contributed by atoms with Gasteiger partial charge in [-0.25, -0.2) is 0 Å². The Morgan fingerprint density at radius 2 is 1.82 bits per heavy atom. The number of esters is 1. The standard InChI is InChI=1S/C16H24N2O3.ClH/c1-4-21-16(20)11(2)10-18-15(19)12(3)14(17)13-8-6-5-7-9-13;/h5-9,11-12,14H,4,10,17H2,1-3H3,(H,18,19);1H. The van der Waals surface area contributed by atoms with Gasteiger partial charge in [-0.2, -0.15) is 0 Å². The number of amides is 1. The van der Waals surface area contributed by atoms with Gasteiger partial charge in [0.05, 0.1) is 18.4 Å². The van der Waals surface area contributed by atoms with E-state index in [9.17, 15) is 9.59 Å². The van der Waals surface area contributed by atoms with Crippen molar-refractivity contribution in [1.82, 2.24) is 5.32 Å². The second kappa shape index (κ2) is 10.2. The van der Waals surface area contributed by atoms with Crippen molar-refractivity contribution in [3.63, 3.8) is 0 Å². The molecule has 0 spiro atoms. The Balaban J connectivity index is 0.00000441. The monoisotopic (exact) mass is 328 g/mol. The highest BCUT2D eigenvalue weighted by molar-refractivity contribution is 5.85. The topological polar surface area (TPSA) is 81.4 Å². The van der Waals surface area contributed by atoms with Crippen LogP contribution in [0, 0.1) is 11.8 Å².